The zero-order chi connectivity index (χ0) is 27.5. The molecule has 1 aromatic heterocycles. The Bertz CT molecular complexity index is 1560. The molecule has 1 N–H and O–H groups in total. The molecule has 1 aliphatic rings. The van der Waals surface area contributed by atoms with Crippen molar-refractivity contribution in [1.82, 2.24) is 14.8 Å². The summed E-state index contributed by atoms with van der Waals surface area (Å²) in [5.74, 6) is 0.694. The van der Waals surface area contributed by atoms with Gasteiger partial charge in [0, 0.05) is 27.1 Å². The summed E-state index contributed by atoms with van der Waals surface area (Å²) in [6, 6.07) is 18.6. The van der Waals surface area contributed by atoms with E-state index in [0.717, 1.165) is 11.1 Å². The Balaban J connectivity index is 1.40. The van der Waals surface area contributed by atoms with Gasteiger partial charge in [-0.15, -0.1) is 5.10 Å². The first-order valence-corrected chi connectivity index (χ1v) is 13.6. The molecule has 4 aromatic rings. The van der Waals surface area contributed by atoms with Crippen molar-refractivity contribution < 1.29 is 18.7 Å². The summed E-state index contributed by atoms with van der Waals surface area (Å²) in [7, 11) is 1.34. The number of methoxy groups -OCH3 is 1. The van der Waals surface area contributed by atoms with E-state index in [9.17, 15) is 9.18 Å². The number of esters is 1. The lowest BCUT2D eigenvalue weighted by atomic mass is 9.96. The van der Waals surface area contributed by atoms with Crippen LogP contribution in [0, 0.1) is 5.82 Å². The second kappa shape index (κ2) is 11.7. The second-order valence-electron chi connectivity index (χ2n) is 8.69. The molecule has 7 nitrogen and oxygen atoms in total. The van der Waals surface area contributed by atoms with E-state index in [-0.39, 0.29) is 12.4 Å². The van der Waals surface area contributed by atoms with Gasteiger partial charge >= 0.3 is 5.97 Å². The van der Waals surface area contributed by atoms with Crippen LogP contribution in [0.3, 0.4) is 0 Å². The molecule has 11 heteroatoms. The molecule has 0 amide bonds. The highest BCUT2D eigenvalue weighted by Crippen LogP contribution is 2.37. The molecule has 5 rings (SSSR count). The normalized spacial score (nSPS) is 14.5. The van der Waals surface area contributed by atoms with Crippen molar-refractivity contribution in [2.24, 2.45) is 0 Å². The largest absolute Gasteiger partial charge is 0.489 e. The Kier molecular flexibility index (Phi) is 8.11. The van der Waals surface area contributed by atoms with Gasteiger partial charge in [0.2, 0.25) is 11.1 Å². The van der Waals surface area contributed by atoms with Crippen LogP contribution in [-0.2, 0) is 21.9 Å². The quantitative estimate of drug-likeness (QED) is 0.175. The van der Waals surface area contributed by atoms with Crippen LogP contribution < -0.4 is 10.1 Å². The number of benzene rings is 3. The number of carbonyl (C=O) groups excluding carboxylic acids is 1. The van der Waals surface area contributed by atoms with E-state index in [4.69, 9.17) is 32.7 Å². The molecule has 0 aliphatic carbocycles. The maximum Gasteiger partial charge on any atom is 0.338 e. The van der Waals surface area contributed by atoms with E-state index in [2.05, 4.69) is 15.4 Å². The Morgan fingerprint density at radius 3 is 2.59 bits per heavy atom. The SMILES string of the molecule is COC(=O)C1=C(C)Nc2nc(SCc3ccccc3F)nn2C1c1ccc(OCc2ccc(Cl)cc2Cl)cc1. The molecule has 1 unspecified atom stereocenters. The van der Waals surface area contributed by atoms with E-state index in [1.54, 1.807) is 41.9 Å². The number of hydrogen-bond donors (Lipinski definition) is 1. The molecule has 0 spiro atoms. The summed E-state index contributed by atoms with van der Waals surface area (Å²) in [6.07, 6.45) is 0. The van der Waals surface area contributed by atoms with Crippen molar-refractivity contribution in [3.63, 3.8) is 0 Å². The molecule has 0 saturated heterocycles. The van der Waals surface area contributed by atoms with Gasteiger partial charge in [0.15, 0.2) is 0 Å². The number of rotatable bonds is 8. The maximum atomic E-state index is 14.1. The van der Waals surface area contributed by atoms with Gasteiger partial charge in [0.05, 0.1) is 12.7 Å². The van der Waals surface area contributed by atoms with Crippen LogP contribution in [0.5, 0.6) is 5.75 Å². The topological polar surface area (TPSA) is 78.3 Å². The fourth-order valence-corrected chi connectivity index (χ4v) is 5.46. The average Bonchev–Trinajstić information content (AvgIpc) is 3.33. The predicted octanol–water partition coefficient (Wildman–Crippen LogP) is 7.06. The van der Waals surface area contributed by atoms with Crippen molar-refractivity contribution in [3.8, 4) is 5.75 Å². The number of hydrogen-bond acceptors (Lipinski definition) is 7. The van der Waals surface area contributed by atoms with Crippen LogP contribution >= 0.6 is 35.0 Å². The number of thioether (sulfide) groups is 1. The number of allylic oxidation sites excluding steroid dienone is 1. The highest BCUT2D eigenvalue weighted by molar-refractivity contribution is 7.98. The lowest BCUT2D eigenvalue weighted by Crippen LogP contribution is -2.29. The first-order chi connectivity index (χ1) is 18.8. The summed E-state index contributed by atoms with van der Waals surface area (Å²) in [4.78, 5) is 17.4. The first-order valence-electron chi connectivity index (χ1n) is 11.9. The number of fused-ring (bicyclic) bond motifs is 1. The minimum Gasteiger partial charge on any atom is -0.489 e. The monoisotopic (exact) mass is 584 g/mol. The zero-order valence-corrected chi connectivity index (χ0v) is 23.3. The van der Waals surface area contributed by atoms with Crippen molar-refractivity contribution in [1.29, 1.82) is 0 Å². The predicted molar refractivity (Wildman–Crippen MR) is 150 cm³/mol. The number of nitrogens with one attached hydrogen (secondary N) is 1. The van der Waals surface area contributed by atoms with Gasteiger partial charge < -0.3 is 14.8 Å². The van der Waals surface area contributed by atoms with Gasteiger partial charge in [-0.25, -0.2) is 13.9 Å². The third-order valence-corrected chi connectivity index (χ3v) is 7.63. The lowest BCUT2D eigenvalue weighted by Gasteiger charge is -2.27. The summed E-state index contributed by atoms with van der Waals surface area (Å²) in [5.41, 5.74) is 3.16. The molecular weight excluding hydrogens is 562 g/mol. The molecule has 0 saturated carbocycles. The smallest absolute Gasteiger partial charge is 0.338 e. The van der Waals surface area contributed by atoms with Crippen molar-refractivity contribution in [2.75, 3.05) is 12.4 Å². The molecule has 0 fully saturated rings. The Morgan fingerprint density at radius 2 is 1.87 bits per heavy atom. The standard InChI is InChI=1S/C28H23Cl2FN4O3S/c1-16-24(26(36)37-2)25(17-8-11-21(12-9-17)38-14-18-7-10-20(29)13-22(18)30)35-27(32-16)33-28(34-35)39-15-19-5-3-4-6-23(19)31/h3-13,25H,14-15H2,1-2H3,(H,32,33,34). The van der Waals surface area contributed by atoms with Crippen LogP contribution in [0.4, 0.5) is 10.3 Å². The molecule has 1 aliphatic heterocycles. The molecule has 2 heterocycles. The first kappa shape index (κ1) is 27.1. The summed E-state index contributed by atoms with van der Waals surface area (Å²) >= 11 is 13.5. The van der Waals surface area contributed by atoms with E-state index in [1.165, 1.54) is 24.9 Å². The van der Waals surface area contributed by atoms with Gasteiger partial charge in [-0.1, -0.05) is 71.4 Å². The van der Waals surface area contributed by atoms with Gasteiger partial charge in [0.1, 0.15) is 24.2 Å². The highest BCUT2D eigenvalue weighted by atomic mass is 35.5. The minimum atomic E-state index is -0.594. The van der Waals surface area contributed by atoms with E-state index < -0.39 is 12.0 Å². The molecule has 1 atom stereocenters. The molecule has 3 aromatic carbocycles. The zero-order valence-electron chi connectivity index (χ0n) is 21.0. The summed E-state index contributed by atoms with van der Waals surface area (Å²) < 4.78 is 26.8. The maximum absolute atomic E-state index is 14.1. The summed E-state index contributed by atoms with van der Waals surface area (Å²) in [5, 5.41) is 9.34. The number of anilines is 1. The Labute approximate surface area is 238 Å². The van der Waals surface area contributed by atoms with Gasteiger partial charge in [0.25, 0.3) is 0 Å². The third-order valence-electron chi connectivity index (χ3n) is 6.16. The average molecular weight is 585 g/mol. The minimum absolute atomic E-state index is 0.269. The van der Waals surface area contributed by atoms with Crippen LogP contribution in [0.15, 0.2) is 83.2 Å². The molecule has 39 heavy (non-hydrogen) atoms. The number of halogens is 3. The molecule has 0 radical (unpaired) electrons. The van der Waals surface area contributed by atoms with Crippen molar-refractivity contribution >= 4 is 46.9 Å². The van der Waals surface area contributed by atoms with E-state index >= 15 is 0 Å². The van der Waals surface area contributed by atoms with Gasteiger partial charge in [-0.2, -0.15) is 4.98 Å². The van der Waals surface area contributed by atoms with Crippen LogP contribution in [-0.4, -0.2) is 27.8 Å². The van der Waals surface area contributed by atoms with Crippen LogP contribution in [0.2, 0.25) is 10.0 Å². The Morgan fingerprint density at radius 1 is 1.10 bits per heavy atom. The summed E-state index contributed by atoms with van der Waals surface area (Å²) in [6.45, 7) is 2.06. The number of aromatic nitrogens is 3. The molecule has 200 valence electrons. The molecule has 0 bridgehead atoms. The van der Waals surface area contributed by atoms with E-state index in [1.807, 2.05) is 30.3 Å². The van der Waals surface area contributed by atoms with Crippen molar-refractivity contribution in [2.45, 2.75) is 30.5 Å². The van der Waals surface area contributed by atoms with Crippen LogP contribution in [0.1, 0.15) is 29.7 Å². The van der Waals surface area contributed by atoms with E-state index in [0.29, 0.717) is 49.5 Å². The highest BCUT2D eigenvalue weighted by Gasteiger charge is 2.35. The second-order valence-corrected chi connectivity index (χ2v) is 10.5. The fraction of sp³-hybridized carbons (Fsp3) is 0.179. The Hall–Kier alpha value is -3.53. The third kappa shape index (κ3) is 5.90. The van der Waals surface area contributed by atoms with Crippen LogP contribution in [0.25, 0.3) is 0 Å². The number of nitrogens with zero attached hydrogens (tertiary/aromatic N) is 3. The van der Waals surface area contributed by atoms with Gasteiger partial charge in [-0.3, -0.25) is 0 Å². The number of ether oxygens (including phenoxy) is 2. The lowest BCUT2D eigenvalue weighted by molar-refractivity contribution is -0.136. The molecular formula is C28H23Cl2FN4O3S. The van der Waals surface area contributed by atoms with Crippen molar-refractivity contribution in [3.05, 3.63) is 111 Å². The number of carbonyl (C=O) groups is 1. The van der Waals surface area contributed by atoms with Gasteiger partial charge in [-0.05, 0) is 48.4 Å². The fourth-order valence-electron chi connectivity index (χ4n) is 4.18.